The number of likely N-dealkylation sites (tertiary alicyclic amines) is 1. The van der Waals surface area contributed by atoms with Gasteiger partial charge in [0, 0.05) is 25.3 Å². The van der Waals surface area contributed by atoms with E-state index in [1.54, 1.807) is 11.9 Å². The predicted octanol–water partition coefficient (Wildman–Crippen LogP) is 3.48. The molecule has 1 atom stereocenters. The summed E-state index contributed by atoms with van der Waals surface area (Å²) in [5.41, 5.74) is 2.09. The van der Waals surface area contributed by atoms with Crippen molar-refractivity contribution in [2.45, 2.75) is 45.1 Å². The number of nitriles is 1. The van der Waals surface area contributed by atoms with Crippen LogP contribution in [0.15, 0.2) is 24.3 Å². The second kappa shape index (κ2) is 9.29. The molecule has 5 heteroatoms. The van der Waals surface area contributed by atoms with Crippen LogP contribution in [-0.2, 0) is 6.42 Å². The highest BCUT2D eigenvalue weighted by Gasteiger charge is 2.15. The third-order valence-electron chi connectivity index (χ3n) is 4.74. The fraction of sp³-hybridized carbons (Fsp3) is 0.579. The molecule has 1 aromatic carbocycles. The van der Waals surface area contributed by atoms with Crippen LogP contribution >= 0.6 is 0 Å². The first-order valence-corrected chi connectivity index (χ1v) is 8.82. The number of piperidine rings is 1. The van der Waals surface area contributed by atoms with Gasteiger partial charge < -0.3 is 15.1 Å². The van der Waals surface area contributed by atoms with Gasteiger partial charge >= 0.3 is 6.03 Å². The maximum atomic E-state index is 12.1. The van der Waals surface area contributed by atoms with Crippen molar-refractivity contribution < 1.29 is 4.79 Å². The van der Waals surface area contributed by atoms with Gasteiger partial charge in [0.15, 0.2) is 0 Å². The van der Waals surface area contributed by atoms with Gasteiger partial charge in [0.2, 0.25) is 0 Å². The number of carbonyl (C=O) groups is 1. The average Bonchev–Trinajstić information content (AvgIpc) is 2.61. The normalized spacial score (nSPS) is 16.2. The van der Waals surface area contributed by atoms with E-state index in [-0.39, 0.29) is 12.1 Å². The SMILES string of the molecule is C[C@@H](CC#N)N(C)C(=O)Nc1ccc(CCN2CCCCC2)cc1. The number of anilines is 1. The maximum absolute atomic E-state index is 12.1. The molecule has 0 radical (unpaired) electrons. The molecule has 0 unspecified atom stereocenters. The second-order valence-electron chi connectivity index (χ2n) is 6.60. The minimum absolute atomic E-state index is 0.0983. The van der Waals surface area contributed by atoms with E-state index in [0.29, 0.717) is 6.42 Å². The van der Waals surface area contributed by atoms with Crippen molar-refractivity contribution in [1.29, 1.82) is 5.26 Å². The van der Waals surface area contributed by atoms with Crippen molar-refractivity contribution in [2.24, 2.45) is 0 Å². The summed E-state index contributed by atoms with van der Waals surface area (Å²) in [5, 5.41) is 11.6. The van der Waals surface area contributed by atoms with Gasteiger partial charge in [-0.2, -0.15) is 5.26 Å². The molecule has 2 amide bonds. The van der Waals surface area contributed by atoms with Crippen LogP contribution in [-0.4, -0.2) is 48.6 Å². The Labute approximate surface area is 145 Å². The van der Waals surface area contributed by atoms with Crippen molar-refractivity contribution in [1.82, 2.24) is 9.80 Å². The molecule has 1 aliphatic heterocycles. The summed E-state index contributed by atoms with van der Waals surface area (Å²) in [5.74, 6) is 0. The standard InChI is InChI=1S/C19H28N4O/c1-16(10-12-20)22(2)19(24)21-18-8-6-17(7-9-18)11-15-23-13-4-3-5-14-23/h6-9,16H,3-5,10-11,13-15H2,1-2H3,(H,21,24)/t16-/m0/s1. The molecule has 1 heterocycles. The Morgan fingerprint density at radius 3 is 2.58 bits per heavy atom. The van der Waals surface area contributed by atoms with E-state index in [9.17, 15) is 4.79 Å². The Hall–Kier alpha value is -2.06. The molecule has 5 nitrogen and oxygen atoms in total. The summed E-state index contributed by atoms with van der Waals surface area (Å²) in [6.45, 7) is 5.43. The predicted molar refractivity (Wildman–Crippen MR) is 96.9 cm³/mol. The molecule has 1 aromatic rings. The molecule has 1 aliphatic rings. The lowest BCUT2D eigenvalue weighted by atomic mass is 10.1. The number of rotatable bonds is 6. The van der Waals surface area contributed by atoms with Crippen LogP contribution in [0.4, 0.5) is 10.5 Å². The number of hydrogen-bond donors (Lipinski definition) is 1. The van der Waals surface area contributed by atoms with Crippen LogP contribution < -0.4 is 5.32 Å². The monoisotopic (exact) mass is 328 g/mol. The molecule has 24 heavy (non-hydrogen) atoms. The van der Waals surface area contributed by atoms with E-state index in [2.05, 4.69) is 28.4 Å². The third kappa shape index (κ3) is 5.54. The minimum Gasteiger partial charge on any atom is -0.324 e. The molecule has 0 bridgehead atoms. The zero-order valence-electron chi connectivity index (χ0n) is 14.8. The molecule has 1 fully saturated rings. The number of amides is 2. The molecule has 0 aromatic heterocycles. The van der Waals surface area contributed by atoms with E-state index in [4.69, 9.17) is 5.26 Å². The number of nitrogens with one attached hydrogen (secondary N) is 1. The zero-order valence-corrected chi connectivity index (χ0v) is 14.8. The van der Waals surface area contributed by atoms with Gasteiger partial charge in [-0.3, -0.25) is 0 Å². The number of urea groups is 1. The summed E-state index contributed by atoms with van der Waals surface area (Å²) >= 11 is 0. The number of benzene rings is 1. The van der Waals surface area contributed by atoms with Gasteiger partial charge in [-0.15, -0.1) is 0 Å². The minimum atomic E-state index is -0.182. The fourth-order valence-corrected chi connectivity index (χ4v) is 2.91. The van der Waals surface area contributed by atoms with Crippen LogP contribution in [0.25, 0.3) is 0 Å². The molecule has 130 valence electrons. The number of hydrogen-bond acceptors (Lipinski definition) is 3. The van der Waals surface area contributed by atoms with Crippen LogP contribution in [0, 0.1) is 11.3 Å². The molecule has 2 rings (SSSR count). The van der Waals surface area contributed by atoms with Crippen LogP contribution in [0.1, 0.15) is 38.2 Å². The Kier molecular flexibility index (Phi) is 7.07. The van der Waals surface area contributed by atoms with E-state index in [0.717, 1.165) is 18.7 Å². The summed E-state index contributed by atoms with van der Waals surface area (Å²) in [6, 6.07) is 9.87. The highest BCUT2D eigenvalue weighted by Crippen LogP contribution is 2.14. The van der Waals surface area contributed by atoms with Gasteiger partial charge in [0.05, 0.1) is 12.5 Å². The Morgan fingerprint density at radius 1 is 1.29 bits per heavy atom. The van der Waals surface area contributed by atoms with Crippen molar-refractivity contribution in [3.05, 3.63) is 29.8 Å². The van der Waals surface area contributed by atoms with E-state index < -0.39 is 0 Å². The highest BCUT2D eigenvalue weighted by atomic mass is 16.2. The van der Waals surface area contributed by atoms with Crippen molar-refractivity contribution in [2.75, 3.05) is 32.0 Å². The Bertz CT molecular complexity index is 558. The largest absolute Gasteiger partial charge is 0.324 e. The maximum Gasteiger partial charge on any atom is 0.321 e. The van der Waals surface area contributed by atoms with E-state index in [1.165, 1.54) is 37.9 Å². The molecule has 0 saturated carbocycles. The lowest BCUT2D eigenvalue weighted by Gasteiger charge is -2.26. The first kappa shape index (κ1) is 18.3. The van der Waals surface area contributed by atoms with Gasteiger partial charge in [-0.05, 0) is 57.0 Å². The summed E-state index contributed by atoms with van der Waals surface area (Å²) in [4.78, 5) is 16.2. The molecular weight excluding hydrogens is 300 g/mol. The molecule has 1 saturated heterocycles. The molecule has 0 spiro atoms. The Morgan fingerprint density at radius 2 is 1.96 bits per heavy atom. The average molecular weight is 328 g/mol. The topological polar surface area (TPSA) is 59.4 Å². The summed E-state index contributed by atoms with van der Waals surface area (Å²) in [7, 11) is 1.71. The van der Waals surface area contributed by atoms with Crippen molar-refractivity contribution in [3.63, 3.8) is 0 Å². The van der Waals surface area contributed by atoms with Crippen LogP contribution in [0.3, 0.4) is 0 Å². The van der Waals surface area contributed by atoms with Crippen molar-refractivity contribution in [3.8, 4) is 6.07 Å². The van der Waals surface area contributed by atoms with Gasteiger partial charge in [0.25, 0.3) is 0 Å². The first-order valence-electron chi connectivity index (χ1n) is 8.82. The van der Waals surface area contributed by atoms with Gasteiger partial charge in [-0.1, -0.05) is 18.6 Å². The molecule has 1 N–H and O–H groups in total. The smallest absolute Gasteiger partial charge is 0.321 e. The van der Waals surface area contributed by atoms with Gasteiger partial charge in [0.1, 0.15) is 0 Å². The van der Waals surface area contributed by atoms with Crippen LogP contribution in [0.5, 0.6) is 0 Å². The van der Waals surface area contributed by atoms with E-state index >= 15 is 0 Å². The first-order chi connectivity index (χ1) is 11.6. The highest BCUT2D eigenvalue weighted by molar-refractivity contribution is 5.89. The number of carbonyl (C=O) groups excluding carboxylic acids is 1. The fourth-order valence-electron chi connectivity index (χ4n) is 2.91. The molecule has 0 aliphatic carbocycles. The summed E-state index contributed by atoms with van der Waals surface area (Å²) in [6.07, 6.45) is 5.39. The number of nitrogens with zero attached hydrogens (tertiary/aromatic N) is 3. The lowest BCUT2D eigenvalue weighted by molar-refractivity contribution is 0.208. The summed E-state index contributed by atoms with van der Waals surface area (Å²) < 4.78 is 0. The third-order valence-corrected chi connectivity index (χ3v) is 4.74. The quantitative estimate of drug-likeness (QED) is 0.869. The van der Waals surface area contributed by atoms with Crippen molar-refractivity contribution >= 4 is 11.7 Å². The van der Waals surface area contributed by atoms with Crippen LogP contribution in [0.2, 0.25) is 0 Å². The Balaban J connectivity index is 1.80. The van der Waals surface area contributed by atoms with Gasteiger partial charge in [-0.25, -0.2) is 4.79 Å². The van der Waals surface area contributed by atoms with E-state index in [1.807, 2.05) is 19.1 Å². The zero-order chi connectivity index (χ0) is 17.4. The second-order valence-corrected chi connectivity index (χ2v) is 6.60. The lowest BCUT2D eigenvalue weighted by Crippen LogP contribution is -2.38. The molecular formula is C19H28N4O.